The van der Waals surface area contributed by atoms with Crippen LogP contribution >= 0.6 is 11.3 Å². The normalized spacial score (nSPS) is 11.8. The largest absolute Gasteiger partial charge is 0.416 e. The molecule has 0 aliphatic carbocycles. The Kier molecular flexibility index (Phi) is 5.01. The molecule has 0 unspecified atom stereocenters. The van der Waals surface area contributed by atoms with Crippen LogP contribution in [-0.4, -0.2) is 20.4 Å². The van der Waals surface area contributed by atoms with Gasteiger partial charge in [0.15, 0.2) is 5.65 Å². The number of aromatic nitrogens is 3. The van der Waals surface area contributed by atoms with E-state index < -0.39 is 17.6 Å². The molecule has 0 radical (unpaired) electrons. The standard InChI is InChI=1S/C23H16F3N5OS/c24-23(25,26)13-5-3-6-14(11-13)31-20(27)18(22(32)28-12-15-7-4-10-33-15)19-21(31)30-17-9-2-1-8-16(17)29-19/h1-11H,12,27H2,(H,28,32). The Hall–Kier alpha value is -3.92. The van der Waals surface area contributed by atoms with Crippen molar-refractivity contribution in [1.29, 1.82) is 0 Å². The quantitative estimate of drug-likeness (QED) is 0.382. The summed E-state index contributed by atoms with van der Waals surface area (Å²) in [6, 6.07) is 15.5. The Bertz CT molecular complexity index is 1490. The molecule has 0 spiro atoms. The monoisotopic (exact) mass is 467 g/mol. The molecule has 1 amide bonds. The Morgan fingerprint density at radius 2 is 1.79 bits per heavy atom. The predicted octanol–water partition coefficient (Wildman–Crippen LogP) is 5.17. The first-order valence-electron chi connectivity index (χ1n) is 9.88. The lowest BCUT2D eigenvalue weighted by Gasteiger charge is -2.12. The van der Waals surface area contributed by atoms with E-state index in [2.05, 4.69) is 15.3 Å². The minimum absolute atomic E-state index is 0.0386. The van der Waals surface area contributed by atoms with Crippen molar-refractivity contribution in [2.45, 2.75) is 12.7 Å². The fourth-order valence-electron chi connectivity index (χ4n) is 3.64. The molecule has 5 rings (SSSR count). The maximum Gasteiger partial charge on any atom is 0.416 e. The Morgan fingerprint density at radius 1 is 1.03 bits per heavy atom. The molecule has 0 atom stereocenters. The van der Waals surface area contributed by atoms with Crippen LogP contribution in [0.5, 0.6) is 0 Å². The summed E-state index contributed by atoms with van der Waals surface area (Å²) in [5.74, 6) is -0.524. The number of hydrogen-bond donors (Lipinski definition) is 2. The van der Waals surface area contributed by atoms with Gasteiger partial charge >= 0.3 is 6.18 Å². The lowest BCUT2D eigenvalue weighted by atomic mass is 10.2. The number of nitrogens with zero attached hydrogens (tertiary/aromatic N) is 3. The molecular formula is C23H16F3N5OS. The maximum absolute atomic E-state index is 13.3. The summed E-state index contributed by atoms with van der Waals surface area (Å²) in [4.78, 5) is 23.2. The average molecular weight is 467 g/mol. The van der Waals surface area contributed by atoms with Crippen LogP contribution < -0.4 is 11.1 Å². The number of rotatable bonds is 4. The summed E-state index contributed by atoms with van der Waals surface area (Å²) in [6.07, 6.45) is -4.53. The zero-order valence-electron chi connectivity index (χ0n) is 16.9. The number of anilines is 1. The molecular weight excluding hydrogens is 451 g/mol. The van der Waals surface area contributed by atoms with Gasteiger partial charge in [-0.25, -0.2) is 9.97 Å². The molecule has 0 saturated carbocycles. The van der Waals surface area contributed by atoms with E-state index in [4.69, 9.17) is 5.73 Å². The third-order valence-corrected chi connectivity index (χ3v) is 6.04. The molecule has 0 aliphatic rings. The van der Waals surface area contributed by atoms with Crippen LogP contribution in [0, 0.1) is 0 Å². The summed E-state index contributed by atoms with van der Waals surface area (Å²) < 4.78 is 41.4. The second kappa shape index (κ2) is 7.89. The summed E-state index contributed by atoms with van der Waals surface area (Å²) in [5.41, 5.74) is 7.21. The Labute approximate surface area is 189 Å². The lowest BCUT2D eigenvalue weighted by Crippen LogP contribution is -2.23. The van der Waals surface area contributed by atoms with Crippen molar-refractivity contribution in [2.75, 3.05) is 5.73 Å². The third kappa shape index (κ3) is 3.78. The number of nitrogens with two attached hydrogens (primary N) is 1. The fourth-order valence-corrected chi connectivity index (χ4v) is 4.28. The number of amides is 1. The molecule has 0 bridgehead atoms. The average Bonchev–Trinajstić information content (AvgIpc) is 3.41. The number of carbonyl (C=O) groups excluding carboxylic acids is 1. The second-order valence-electron chi connectivity index (χ2n) is 7.29. The van der Waals surface area contributed by atoms with Gasteiger partial charge in [0.2, 0.25) is 0 Å². The van der Waals surface area contributed by atoms with Gasteiger partial charge in [-0.1, -0.05) is 24.3 Å². The molecule has 0 saturated heterocycles. The Morgan fingerprint density at radius 3 is 2.48 bits per heavy atom. The second-order valence-corrected chi connectivity index (χ2v) is 8.32. The number of thiophene rings is 1. The lowest BCUT2D eigenvalue weighted by molar-refractivity contribution is -0.137. The van der Waals surface area contributed by atoms with Crippen molar-refractivity contribution in [1.82, 2.24) is 19.9 Å². The number of nitrogen functional groups attached to an aromatic ring is 1. The van der Waals surface area contributed by atoms with Crippen molar-refractivity contribution < 1.29 is 18.0 Å². The maximum atomic E-state index is 13.3. The molecule has 6 nitrogen and oxygen atoms in total. The van der Waals surface area contributed by atoms with Crippen molar-refractivity contribution in [3.8, 4) is 5.69 Å². The van der Waals surface area contributed by atoms with Crippen LogP contribution in [0.4, 0.5) is 19.0 Å². The fraction of sp³-hybridized carbons (Fsp3) is 0.0870. The molecule has 0 fully saturated rings. The van der Waals surface area contributed by atoms with E-state index in [9.17, 15) is 18.0 Å². The predicted molar refractivity (Wildman–Crippen MR) is 121 cm³/mol. The first-order valence-corrected chi connectivity index (χ1v) is 10.8. The van der Waals surface area contributed by atoms with E-state index >= 15 is 0 Å². The van der Waals surface area contributed by atoms with Crippen LogP contribution in [0.15, 0.2) is 66.0 Å². The number of para-hydroxylation sites is 2. The smallest absolute Gasteiger partial charge is 0.384 e. The van der Waals surface area contributed by atoms with Gasteiger partial charge in [0.1, 0.15) is 16.9 Å². The van der Waals surface area contributed by atoms with E-state index in [0.717, 1.165) is 17.0 Å². The highest BCUT2D eigenvalue weighted by molar-refractivity contribution is 7.09. The van der Waals surface area contributed by atoms with Crippen molar-refractivity contribution in [3.63, 3.8) is 0 Å². The SMILES string of the molecule is Nc1c(C(=O)NCc2cccs2)c2nc3ccccc3nc2n1-c1cccc(C(F)(F)F)c1. The number of halogens is 3. The van der Waals surface area contributed by atoms with Crippen molar-refractivity contribution >= 4 is 45.3 Å². The van der Waals surface area contributed by atoms with Gasteiger partial charge in [-0.15, -0.1) is 11.3 Å². The van der Waals surface area contributed by atoms with E-state index in [1.165, 1.54) is 28.0 Å². The van der Waals surface area contributed by atoms with E-state index in [1.807, 2.05) is 17.5 Å². The van der Waals surface area contributed by atoms with Gasteiger partial charge in [-0.3, -0.25) is 9.36 Å². The highest BCUT2D eigenvalue weighted by Gasteiger charge is 2.31. The van der Waals surface area contributed by atoms with Gasteiger partial charge in [0.05, 0.1) is 23.1 Å². The minimum atomic E-state index is -4.53. The third-order valence-electron chi connectivity index (χ3n) is 5.16. The summed E-state index contributed by atoms with van der Waals surface area (Å²) >= 11 is 1.49. The van der Waals surface area contributed by atoms with E-state index in [1.54, 1.807) is 24.3 Å². The number of fused-ring (bicyclic) bond motifs is 2. The number of alkyl halides is 3. The van der Waals surface area contributed by atoms with Crippen LogP contribution in [0.3, 0.4) is 0 Å². The van der Waals surface area contributed by atoms with Crippen molar-refractivity contribution in [2.24, 2.45) is 0 Å². The summed E-state index contributed by atoms with van der Waals surface area (Å²) in [6.45, 7) is 0.285. The van der Waals surface area contributed by atoms with Crippen LogP contribution in [0.1, 0.15) is 20.8 Å². The number of benzene rings is 2. The molecule has 3 heterocycles. The number of carbonyl (C=O) groups is 1. The van der Waals surface area contributed by atoms with Crippen LogP contribution in [0.25, 0.3) is 27.9 Å². The highest BCUT2D eigenvalue weighted by Crippen LogP contribution is 2.34. The molecule has 166 valence electrons. The summed E-state index contributed by atoms with van der Waals surface area (Å²) in [7, 11) is 0. The Balaban J connectivity index is 1.71. The molecule has 3 N–H and O–H groups in total. The first-order chi connectivity index (χ1) is 15.8. The van der Waals surface area contributed by atoms with E-state index in [0.29, 0.717) is 11.0 Å². The summed E-state index contributed by atoms with van der Waals surface area (Å²) in [5, 5.41) is 4.71. The highest BCUT2D eigenvalue weighted by atomic mass is 32.1. The topological polar surface area (TPSA) is 85.8 Å². The minimum Gasteiger partial charge on any atom is -0.384 e. The zero-order chi connectivity index (χ0) is 23.2. The molecule has 33 heavy (non-hydrogen) atoms. The van der Waals surface area contributed by atoms with Crippen molar-refractivity contribution in [3.05, 3.63) is 82.0 Å². The van der Waals surface area contributed by atoms with Gasteiger partial charge in [0.25, 0.3) is 5.91 Å². The van der Waals surface area contributed by atoms with Gasteiger partial charge in [-0.05, 0) is 41.8 Å². The zero-order valence-corrected chi connectivity index (χ0v) is 17.7. The molecule has 0 aliphatic heterocycles. The number of hydrogen-bond acceptors (Lipinski definition) is 5. The molecule has 3 aromatic heterocycles. The number of nitrogens with one attached hydrogen (secondary N) is 1. The van der Waals surface area contributed by atoms with Gasteiger partial charge in [-0.2, -0.15) is 13.2 Å². The van der Waals surface area contributed by atoms with Crippen LogP contribution in [-0.2, 0) is 12.7 Å². The van der Waals surface area contributed by atoms with Crippen LogP contribution in [0.2, 0.25) is 0 Å². The molecule has 2 aromatic carbocycles. The molecule has 10 heteroatoms. The van der Waals surface area contributed by atoms with Gasteiger partial charge < -0.3 is 11.1 Å². The first kappa shape index (κ1) is 21.0. The van der Waals surface area contributed by atoms with Gasteiger partial charge in [0, 0.05) is 10.6 Å². The molecule has 5 aromatic rings. The van der Waals surface area contributed by atoms with E-state index in [-0.39, 0.29) is 34.8 Å².